The van der Waals surface area contributed by atoms with E-state index in [0.717, 1.165) is 32.7 Å². The van der Waals surface area contributed by atoms with E-state index in [9.17, 15) is 4.79 Å². The van der Waals surface area contributed by atoms with E-state index in [1.807, 2.05) is 80.5 Å². The second kappa shape index (κ2) is 8.68. The molecule has 0 aliphatic rings. The second-order valence-corrected chi connectivity index (χ2v) is 7.36. The summed E-state index contributed by atoms with van der Waals surface area (Å²) in [6.45, 7) is 1.96. The summed E-state index contributed by atoms with van der Waals surface area (Å²) in [6, 6.07) is 17.9. The quantitative estimate of drug-likeness (QED) is 0.402. The Kier molecular flexibility index (Phi) is 6.08. The average molecular weight is 379 g/mol. The van der Waals surface area contributed by atoms with Crippen molar-refractivity contribution in [1.29, 1.82) is 0 Å². The summed E-state index contributed by atoms with van der Waals surface area (Å²) in [6.07, 6.45) is 1.65. The summed E-state index contributed by atoms with van der Waals surface area (Å²) in [7, 11) is 3.99. The van der Waals surface area contributed by atoms with Crippen molar-refractivity contribution < 1.29 is 4.79 Å². The summed E-state index contributed by atoms with van der Waals surface area (Å²) in [4.78, 5) is 19.7. The van der Waals surface area contributed by atoms with Crippen LogP contribution in [0.15, 0.2) is 64.6 Å². The third-order valence-electron chi connectivity index (χ3n) is 3.98. The van der Waals surface area contributed by atoms with Gasteiger partial charge in [-0.15, -0.1) is 11.8 Å². The van der Waals surface area contributed by atoms with Gasteiger partial charge in [-0.3, -0.25) is 9.78 Å². The van der Waals surface area contributed by atoms with Crippen LogP contribution in [0, 0.1) is 6.92 Å². The molecule has 1 amide bonds. The molecule has 0 spiro atoms. The van der Waals surface area contributed by atoms with Gasteiger partial charge in [0, 0.05) is 35.8 Å². The lowest BCUT2D eigenvalue weighted by atomic mass is 10.2. The number of thioether (sulfide) groups is 1. The van der Waals surface area contributed by atoms with E-state index in [1.165, 1.54) is 11.8 Å². The monoisotopic (exact) mass is 378 g/mol. The molecule has 0 saturated carbocycles. The molecule has 0 aliphatic heterocycles. The fourth-order valence-electron chi connectivity index (χ4n) is 2.60. The number of carbonyl (C=O) groups excluding carboxylic acids is 1. The molecular weight excluding hydrogens is 356 g/mol. The molecule has 3 aromatic rings. The molecule has 0 unspecified atom stereocenters. The summed E-state index contributed by atoms with van der Waals surface area (Å²) >= 11 is 1.49. The number of carbonyl (C=O) groups is 1. The van der Waals surface area contributed by atoms with Crippen LogP contribution in [0.1, 0.15) is 11.3 Å². The molecule has 27 heavy (non-hydrogen) atoms. The van der Waals surface area contributed by atoms with Gasteiger partial charge >= 0.3 is 0 Å². The van der Waals surface area contributed by atoms with Crippen molar-refractivity contribution in [3.8, 4) is 0 Å². The number of amides is 1. The Morgan fingerprint density at radius 2 is 1.93 bits per heavy atom. The zero-order valence-electron chi connectivity index (χ0n) is 15.6. The van der Waals surface area contributed by atoms with Crippen molar-refractivity contribution in [3.63, 3.8) is 0 Å². The van der Waals surface area contributed by atoms with Crippen LogP contribution in [0.25, 0.3) is 10.9 Å². The molecule has 0 saturated heterocycles. The third-order valence-corrected chi connectivity index (χ3v) is 5.03. The molecule has 0 fully saturated rings. The number of hydrogen-bond donors (Lipinski definition) is 1. The highest BCUT2D eigenvalue weighted by Crippen LogP contribution is 2.27. The number of fused-ring (bicyclic) bond motifs is 1. The predicted octanol–water partition coefficient (Wildman–Crippen LogP) is 3.85. The minimum absolute atomic E-state index is 0.139. The molecule has 5 nitrogen and oxygen atoms in total. The number of hydrogen-bond acceptors (Lipinski definition) is 5. The first kappa shape index (κ1) is 18.9. The van der Waals surface area contributed by atoms with E-state index in [1.54, 1.807) is 6.21 Å². The lowest BCUT2D eigenvalue weighted by molar-refractivity contribution is -0.118. The van der Waals surface area contributed by atoms with Crippen molar-refractivity contribution in [2.75, 3.05) is 24.7 Å². The lowest BCUT2D eigenvalue weighted by Crippen LogP contribution is -2.19. The van der Waals surface area contributed by atoms with E-state index < -0.39 is 0 Å². The lowest BCUT2D eigenvalue weighted by Gasteiger charge is -2.11. The Morgan fingerprint density at radius 1 is 1.19 bits per heavy atom. The summed E-state index contributed by atoms with van der Waals surface area (Å²) in [5, 5.41) is 5.10. The van der Waals surface area contributed by atoms with Gasteiger partial charge < -0.3 is 4.90 Å². The Hall–Kier alpha value is -2.86. The van der Waals surface area contributed by atoms with Gasteiger partial charge in [0.05, 0.1) is 17.5 Å². The van der Waals surface area contributed by atoms with Gasteiger partial charge in [-0.2, -0.15) is 5.10 Å². The van der Waals surface area contributed by atoms with Crippen LogP contribution in [0.2, 0.25) is 0 Å². The fraction of sp³-hybridized carbons (Fsp3) is 0.190. The highest BCUT2D eigenvalue weighted by molar-refractivity contribution is 8.00. The van der Waals surface area contributed by atoms with Crippen molar-refractivity contribution >= 4 is 40.5 Å². The summed E-state index contributed by atoms with van der Waals surface area (Å²) in [5.74, 6) is 0.157. The number of nitrogens with one attached hydrogen (secondary N) is 1. The van der Waals surface area contributed by atoms with Gasteiger partial charge in [0.1, 0.15) is 0 Å². The number of hydrazone groups is 1. The number of benzene rings is 2. The molecule has 3 rings (SSSR count). The normalized spacial score (nSPS) is 11.1. The SMILES string of the molecule is Cc1cc(SCC(=O)NN=Cc2ccc(N(C)C)cc2)c2ccccc2n1. The zero-order chi connectivity index (χ0) is 19.2. The van der Waals surface area contributed by atoms with Crippen molar-refractivity contribution in [2.45, 2.75) is 11.8 Å². The number of pyridine rings is 1. The molecule has 0 aliphatic carbocycles. The van der Waals surface area contributed by atoms with E-state index in [-0.39, 0.29) is 5.91 Å². The van der Waals surface area contributed by atoms with Crippen LogP contribution in [0.5, 0.6) is 0 Å². The first-order valence-electron chi connectivity index (χ1n) is 8.61. The number of para-hydroxylation sites is 1. The highest BCUT2D eigenvalue weighted by Gasteiger charge is 2.07. The number of nitrogens with zero attached hydrogens (tertiary/aromatic N) is 3. The molecule has 0 bridgehead atoms. The molecule has 0 atom stereocenters. The number of rotatable bonds is 6. The van der Waals surface area contributed by atoms with E-state index >= 15 is 0 Å². The molecule has 6 heteroatoms. The summed E-state index contributed by atoms with van der Waals surface area (Å²) < 4.78 is 0. The minimum atomic E-state index is -0.139. The maximum absolute atomic E-state index is 12.1. The molecule has 1 aromatic heterocycles. The van der Waals surface area contributed by atoms with Crippen LogP contribution < -0.4 is 10.3 Å². The first-order chi connectivity index (χ1) is 13.0. The topological polar surface area (TPSA) is 57.6 Å². The van der Waals surface area contributed by atoms with Crippen LogP contribution >= 0.6 is 11.8 Å². The van der Waals surface area contributed by atoms with Gasteiger partial charge in [-0.05, 0) is 36.8 Å². The molecule has 1 heterocycles. The van der Waals surface area contributed by atoms with E-state index in [4.69, 9.17) is 0 Å². The second-order valence-electron chi connectivity index (χ2n) is 6.35. The van der Waals surface area contributed by atoms with E-state index in [2.05, 4.69) is 15.5 Å². The Labute approximate surface area is 163 Å². The Bertz CT molecular complexity index is 968. The van der Waals surface area contributed by atoms with Crippen LogP contribution in [0.4, 0.5) is 5.69 Å². The Morgan fingerprint density at radius 3 is 2.67 bits per heavy atom. The Balaban J connectivity index is 1.57. The molecule has 0 radical (unpaired) electrons. The van der Waals surface area contributed by atoms with Gasteiger partial charge in [-0.1, -0.05) is 30.3 Å². The third kappa shape index (κ3) is 5.08. The molecular formula is C21H22N4OS. The first-order valence-corrected chi connectivity index (χ1v) is 9.60. The molecule has 1 N–H and O–H groups in total. The smallest absolute Gasteiger partial charge is 0.250 e. The molecule has 2 aromatic carbocycles. The average Bonchev–Trinajstić information content (AvgIpc) is 2.66. The van der Waals surface area contributed by atoms with Gasteiger partial charge in [-0.25, -0.2) is 5.43 Å². The van der Waals surface area contributed by atoms with Crippen molar-refractivity contribution in [1.82, 2.24) is 10.4 Å². The fourth-order valence-corrected chi connectivity index (χ4v) is 3.53. The molecule has 138 valence electrons. The summed E-state index contributed by atoms with van der Waals surface area (Å²) in [5.41, 5.74) is 6.52. The van der Waals surface area contributed by atoms with Crippen molar-refractivity contribution in [3.05, 3.63) is 65.9 Å². The number of anilines is 1. The standard InChI is InChI=1S/C21H22N4OS/c1-15-12-20(18-6-4-5-7-19(18)23-15)27-14-21(26)24-22-13-16-8-10-17(11-9-16)25(2)3/h4-13H,14H2,1-3H3,(H,24,26). The number of aryl methyl sites for hydroxylation is 1. The number of aromatic nitrogens is 1. The maximum atomic E-state index is 12.1. The zero-order valence-corrected chi connectivity index (χ0v) is 16.5. The van der Waals surface area contributed by atoms with Crippen molar-refractivity contribution in [2.24, 2.45) is 5.10 Å². The van der Waals surface area contributed by atoms with Crippen LogP contribution in [0.3, 0.4) is 0 Å². The maximum Gasteiger partial charge on any atom is 0.250 e. The highest BCUT2D eigenvalue weighted by atomic mass is 32.2. The van der Waals surface area contributed by atoms with Gasteiger partial charge in [0.25, 0.3) is 0 Å². The van der Waals surface area contributed by atoms with Crippen LogP contribution in [-0.2, 0) is 4.79 Å². The largest absolute Gasteiger partial charge is 0.378 e. The predicted molar refractivity (Wildman–Crippen MR) is 114 cm³/mol. The van der Waals surface area contributed by atoms with E-state index in [0.29, 0.717) is 5.75 Å². The van der Waals surface area contributed by atoms with Crippen LogP contribution in [-0.4, -0.2) is 37.0 Å². The van der Waals surface area contributed by atoms with Gasteiger partial charge in [0.15, 0.2) is 0 Å². The van der Waals surface area contributed by atoms with Gasteiger partial charge in [0.2, 0.25) is 5.91 Å². The minimum Gasteiger partial charge on any atom is -0.378 e.